The lowest BCUT2D eigenvalue weighted by Crippen LogP contribution is -2.24. The summed E-state index contributed by atoms with van der Waals surface area (Å²) in [6, 6.07) is 5.71. The van der Waals surface area contributed by atoms with Crippen LogP contribution >= 0.6 is 0 Å². The molecule has 3 heteroatoms. The van der Waals surface area contributed by atoms with Crippen LogP contribution in [0.1, 0.15) is 25.6 Å². The van der Waals surface area contributed by atoms with E-state index >= 15 is 0 Å². The predicted octanol–water partition coefficient (Wildman–Crippen LogP) is 2.85. The van der Waals surface area contributed by atoms with Gasteiger partial charge in [0, 0.05) is 11.0 Å². The Kier molecular flexibility index (Phi) is 3.21. The highest BCUT2D eigenvalue weighted by atomic mass is 19.1. The third kappa shape index (κ3) is 2.10. The highest BCUT2D eigenvalue weighted by Crippen LogP contribution is 2.37. The molecule has 0 bridgehead atoms. The SMILES string of the molecule is CC(C)(CO)C(F)c1ccccc1F. The van der Waals surface area contributed by atoms with E-state index in [4.69, 9.17) is 5.11 Å². The van der Waals surface area contributed by atoms with Gasteiger partial charge in [-0.05, 0) is 6.07 Å². The van der Waals surface area contributed by atoms with Crippen molar-refractivity contribution in [1.29, 1.82) is 0 Å². The highest BCUT2D eigenvalue weighted by molar-refractivity contribution is 5.21. The minimum absolute atomic E-state index is 0.00606. The first kappa shape index (κ1) is 11.1. The van der Waals surface area contributed by atoms with E-state index in [0.29, 0.717) is 0 Å². The molecular weight excluding hydrogens is 186 g/mol. The van der Waals surface area contributed by atoms with Crippen molar-refractivity contribution in [2.45, 2.75) is 20.0 Å². The topological polar surface area (TPSA) is 20.2 Å². The molecule has 0 radical (unpaired) electrons. The number of hydrogen-bond donors (Lipinski definition) is 1. The van der Waals surface area contributed by atoms with E-state index in [1.54, 1.807) is 19.9 Å². The van der Waals surface area contributed by atoms with Crippen molar-refractivity contribution in [3.8, 4) is 0 Å². The molecule has 0 aromatic heterocycles. The lowest BCUT2D eigenvalue weighted by molar-refractivity contribution is 0.0644. The second-order valence-electron chi connectivity index (χ2n) is 4.03. The molecule has 14 heavy (non-hydrogen) atoms. The fourth-order valence-electron chi connectivity index (χ4n) is 1.18. The smallest absolute Gasteiger partial charge is 0.135 e. The van der Waals surface area contributed by atoms with Crippen LogP contribution < -0.4 is 0 Å². The van der Waals surface area contributed by atoms with Crippen LogP contribution in [0.2, 0.25) is 0 Å². The third-order valence-corrected chi connectivity index (χ3v) is 2.27. The van der Waals surface area contributed by atoms with Gasteiger partial charge in [0.2, 0.25) is 0 Å². The molecule has 1 nitrogen and oxygen atoms in total. The van der Waals surface area contributed by atoms with Crippen molar-refractivity contribution in [2.75, 3.05) is 6.61 Å². The zero-order valence-corrected chi connectivity index (χ0v) is 8.30. The summed E-state index contributed by atoms with van der Waals surface area (Å²) in [5.41, 5.74) is -0.950. The van der Waals surface area contributed by atoms with Crippen molar-refractivity contribution in [3.63, 3.8) is 0 Å². The van der Waals surface area contributed by atoms with Crippen LogP contribution in [-0.4, -0.2) is 11.7 Å². The Labute approximate surface area is 82.4 Å². The highest BCUT2D eigenvalue weighted by Gasteiger charge is 2.31. The molecule has 0 aliphatic carbocycles. The molecule has 0 aliphatic rings. The van der Waals surface area contributed by atoms with Crippen LogP contribution in [0.4, 0.5) is 8.78 Å². The molecule has 1 N–H and O–H groups in total. The van der Waals surface area contributed by atoms with E-state index in [1.165, 1.54) is 18.2 Å². The summed E-state index contributed by atoms with van der Waals surface area (Å²) < 4.78 is 27.0. The molecule has 0 aliphatic heterocycles. The minimum atomic E-state index is -1.49. The molecule has 0 amide bonds. The lowest BCUT2D eigenvalue weighted by atomic mass is 9.84. The van der Waals surface area contributed by atoms with Gasteiger partial charge in [-0.25, -0.2) is 8.78 Å². The maximum Gasteiger partial charge on any atom is 0.135 e. The summed E-state index contributed by atoms with van der Waals surface area (Å²) in [4.78, 5) is 0. The van der Waals surface area contributed by atoms with E-state index in [1.807, 2.05) is 0 Å². The van der Waals surface area contributed by atoms with Gasteiger partial charge >= 0.3 is 0 Å². The van der Waals surface area contributed by atoms with Crippen LogP contribution in [0.25, 0.3) is 0 Å². The van der Waals surface area contributed by atoms with Crippen LogP contribution in [0.3, 0.4) is 0 Å². The monoisotopic (exact) mass is 200 g/mol. The predicted molar refractivity (Wildman–Crippen MR) is 51.1 cm³/mol. The van der Waals surface area contributed by atoms with Crippen LogP contribution in [0, 0.1) is 11.2 Å². The fraction of sp³-hybridized carbons (Fsp3) is 0.455. The van der Waals surface area contributed by atoms with E-state index < -0.39 is 17.4 Å². The Morgan fingerprint density at radius 2 is 1.93 bits per heavy atom. The van der Waals surface area contributed by atoms with Gasteiger partial charge in [-0.3, -0.25) is 0 Å². The molecule has 78 valence electrons. The Hall–Kier alpha value is -0.960. The largest absolute Gasteiger partial charge is 0.396 e. The quantitative estimate of drug-likeness (QED) is 0.795. The second-order valence-corrected chi connectivity index (χ2v) is 4.03. The van der Waals surface area contributed by atoms with Gasteiger partial charge in [-0.15, -0.1) is 0 Å². The Morgan fingerprint density at radius 1 is 1.36 bits per heavy atom. The number of aliphatic hydroxyl groups is 1. The lowest BCUT2D eigenvalue weighted by Gasteiger charge is -2.26. The molecule has 1 unspecified atom stereocenters. The van der Waals surface area contributed by atoms with Crippen molar-refractivity contribution < 1.29 is 13.9 Å². The molecule has 1 aromatic carbocycles. The first-order chi connectivity index (χ1) is 6.49. The average Bonchev–Trinajstić information content (AvgIpc) is 2.17. The zero-order valence-electron chi connectivity index (χ0n) is 8.30. The maximum atomic E-state index is 13.8. The van der Waals surface area contributed by atoms with Gasteiger partial charge in [0.25, 0.3) is 0 Å². The third-order valence-electron chi connectivity index (χ3n) is 2.27. The van der Waals surface area contributed by atoms with Crippen LogP contribution in [0.15, 0.2) is 24.3 Å². The van der Waals surface area contributed by atoms with Gasteiger partial charge in [0.1, 0.15) is 12.0 Å². The summed E-state index contributed by atoms with van der Waals surface area (Å²) in [7, 11) is 0. The van der Waals surface area contributed by atoms with Crippen molar-refractivity contribution >= 4 is 0 Å². The van der Waals surface area contributed by atoms with Crippen molar-refractivity contribution in [1.82, 2.24) is 0 Å². The molecular formula is C11H14F2O. The van der Waals surface area contributed by atoms with Gasteiger partial charge in [-0.2, -0.15) is 0 Å². The van der Waals surface area contributed by atoms with Crippen molar-refractivity contribution in [3.05, 3.63) is 35.6 Å². The summed E-state index contributed by atoms with van der Waals surface area (Å²) >= 11 is 0. The first-order valence-corrected chi connectivity index (χ1v) is 4.48. The molecule has 0 heterocycles. The zero-order chi connectivity index (χ0) is 10.8. The van der Waals surface area contributed by atoms with Gasteiger partial charge in [0.05, 0.1) is 6.61 Å². The number of alkyl halides is 1. The standard InChI is InChI=1S/C11H14F2O/c1-11(2,7-14)10(13)8-5-3-4-6-9(8)12/h3-6,10,14H,7H2,1-2H3. The van der Waals surface area contributed by atoms with Crippen molar-refractivity contribution in [2.24, 2.45) is 5.41 Å². The maximum absolute atomic E-state index is 13.8. The van der Waals surface area contributed by atoms with Crippen LogP contribution in [0.5, 0.6) is 0 Å². The van der Waals surface area contributed by atoms with E-state index in [-0.39, 0.29) is 12.2 Å². The Bertz CT molecular complexity index is 310. The average molecular weight is 200 g/mol. The van der Waals surface area contributed by atoms with E-state index in [0.717, 1.165) is 0 Å². The molecule has 1 rings (SSSR count). The molecule has 1 aromatic rings. The van der Waals surface area contributed by atoms with E-state index in [9.17, 15) is 8.78 Å². The molecule has 0 saturated carbocycles. The fourth-order valence-corrected chi connectivity index (χ4v) is 1.18. The molecule has 0 spiro atoms. The number of halogens is 2. The number of hydrogen-bond acceptors (Lipinski definition) is 1. The summed E-state index contributed by atoms with van der Waals surface area (Å²) in [5, 5.41) is 8.95. The number of benzene rings is 1. The van der Waals surface area contributed by atoms with Gasteiger partial charge in [-0.1, -0.05) is 32.0 Å². The van der Waals surface area contributed by atoms with E-state index in [2.05, 4.69) is 0 Å². The molecule has 1 atom stereocenters. The summed E-state index contributed by atoms with van der Waals surface area (Å²) in [5.74, 6) is -0.568. The number of rotatable bonds is 3. The normalized spacial score (nSPS) is 14.1. The Balaban J connectivity index is 3.00. The number of aliphatic hydroxyl groups excluding tert-OH is 1. The minimum Gasteiger partial charge on any atom is -0.396 e. The Morgan fingerprint density at radius 3 is 2.43 bits per heavy atom. The molecule has 0 saturated heterocycles. The summed E-state index contributed by atoms with van der Waals surface area (Å²) in [6.45, 7) is 2.80. The van der Waals surface area contributed by atoms with Gasteiger partial charge in [0.15, 0.2) is 0 Å². The summed E-state index contributed by atoms with van der Waals surface area (Å²) in [6.07, 6.45) is -1.49. The van der Waals surface area contributed by atoms with Crippen LogP contribution in [-0.2, 0) is 0 Å². The second kappa shape index (κ2) is 4.05. The first-order valence-electron chi connectivity index (χ1n) is 4.48. The molecule has 0 fully saturated rings. The van der Waals surface area contributed by atoms with Gasteiger partial charge < -0.3 is 5.11 Å².